The Morgan fingerprint density at radius 1 is 1.50 bits per heavy atom. The SMILES string of the molecule is CCOC(=O)[C@@H]1CCN(C)CC1C(F)(F)F. The third-order valence-electron chi connectivity index (χ3n) is 2.83. The van der Waals surface area contributed by atoms with Crippen molar-refractivity contribution >= 4 is 5.97 Å². The molecule has 6 heteroatoms. The smallest absolute Gasteiger partial charge is 0.393 e. The first-order valence-electron chi connectivity index (χ1n) is 5.28. The van der Waals surface area contributed by atoms with E-state index in [1.165, 1.54) is 0 Å². The van der Waals surface area contributed by atoms with E-state index in [2.05, 4.69) is 4.74 Å². The van der Waals surface area contributed by atoms with Crippen molar-refractivity contribution in [2.45, 2.75) is 19.5 Å². The monoisotopic (exact) mass is 239 g/mol. The molecular weight excluding hydrogens is 223 g/mol. The minimum Gasteiger partial charge on any atom is -0.466 e. The molecule has 0 amide bonds. The number of piperidine rings is 1. The number of likely N-dealkylation sites (tertiary alicyclic amines) is 1. The number of rotatable bonds is 2. The molecule has 0 aromatic rings. The number of alkyl halides is 3. The van der Waals surface area contributed by atoms with Crippen LogP contribution in [-0.2, 0) is 9.53 Å². The van der Waals surface area contributed by atoms with Crippen molar-refractivity contribution < 1.29 is 22.7 Å². The largest absolute Gasteiger partial charge is 0.466 e. The number of carbonyl (C=O) groups excluding carboxylic acids is 1. The molecule has 2 atom stereocenters. The van der Waals surface area contributed by atoms with Gasteiger partial charge in [0.05, 0.1) is 18.4 Å². The van der Waals surface area contributed by atoms with Gasteiger partial charge in [0.25, 0.3) is 0 Å². The van der Waals surface area contributed by atoms with Crippen LogP contribution in [0.15, 0.2) is 0 Å². The predicted molar refractivity (Wildman–Crippen MR) is 51.8 cm³/mol. The number of hydrogen-bond donors (Lipinski definition) is 0. The average molecular weight is 239 g/mol. The maximum atomic E-state index is 12.7. The summed E-state index contributed by atoms with van der Waals surface area (Å²) in [5.74, 6) is -3.38. The highest BCUT2D eigenvalue weighted by Gasteiger charge is 2.49. The number of hydrogen-bond acceptors (Lipinski definition) is 3. The van der Waals surface area contributed by atoms with E-state index < -0.39 is 24.0 Å². The van der Waals surface area contributed by atoms with Crippen LogP contribution < -0.4 is 0 Å². The summed E-state index contributed by atoms with van der Waals surface area (Å²) in [6.45, 7) is 2.08. The van der Waals surface area contributed by atoms with Gasteiger partial charge in [-0.3, -0.25) is 4.79 Å². The van der Waals surface area contributed by atoms with Crippen LogP contribution in [0.2, 0.25) is 0 Å². The predicted octanol–water partition coefficient (Wildman–Crippen LogP) is 1.68. The second-order valence-corrected chi connectivity index (χ2v) is 4.06. The van der Waals surface area contributed by atoms with Crippen LogP contribution in [0.5, 0.6) is 0 Å². The summed E-state index contributed by atoms with van der Waals surface area (Å²) >= 11 is 0. The number of esters is 1. The van der Waals surface area contributed by atoms with E-state index in [9.17, 15) is 18.0 Å². The van der Waals surface area contributed by atoms with E-state index in [1.807, 2.05) is 0 Å². The van der Waals surface area contributed by atoms with Crippen molar-refractivity contribution in [3.8, 4) is 0 Å². The van der Waals surface area contributed by atoms with Crippen LogP contribution in [0.3, 0.4) is 0 Å². The molecule has 16 heavy (non-hydrogen) atoms. The third-order valence-corrected chi connectivity index (χ3v) is 2.83. The Kier molecular flexibility index (Phi) is 4.18. The lowest BCUT2D eigenvalue weighted by molar-refractivity contribution is -0.208. The number of carbonyl (C=O) groups is 1. The Labute approximate surface area is 92.5 Å². The van der Waals surface area contributed by atoms with Gasteiger partial charge in [-0.05, 0) is 26.9 Å². The second-order valence-electron chi connectivity index (χ2n) is 4.06. The highest BCUT2D eigenvalue weighted by Crippen LogP contribution is 2.37. The lowest BCUT2D eigenvalue weighted by Gasteiger charge is -2.36. The normalized spacial score (nSPS) is 27.8. The molecule has 1 heterocycles. The number of halogens is 3. The highest BCUT2D eigenvalue weighted by atomic mass is 19.4. The zero-order valence-electron chi connectivity index (χ0n) is 9.38. The zero-order chi connectivity index (χ0) is 12.3. The Morgan fingerprint density at radius 2 is 2.12 bits per heavy atom. The Bertz CT molecular complexity index is 255. The maximum Gasteiger partial charge on any atom is 0.393 e. The molecule has 1 rings (SSSR count). The van der Waals surface area contributed by atoms with Gasteiger partial charge in [-0.25, -0.2) is 0 Å². The lowest BCUT2D eigenvalue weighted by Crippen LogP contribution is -2.48. The summed E-state index contributed by atoms with van der Waals surface area (Å²) in [6, 6.07) is 0. The number of nitrogens with zero attached hydrogens (tertiary/aromatic N) is 1. The van der Waals surface area contributed by atoms with E-state index in [1.54, 1.807) is 18.9 Å². The van der Waals surface area contributed by atoms with Crippen molar-refractivity contribution in [3.63, 3.8) is 0 Å². The summed E-state index contributed by atoms with van der Waals surface area (Å²) in [7, 11) is 1.63. The molecule has 0 saturated carbocycles. The molecule has 1 aliphatic heterocycles. The van der Waals surface area contributed by atoms with Crippen molar-refractivity contribution in [1.29, 1.82) is 0 Å². The molecule has 1 fully saturated rings. The summed E-state index contributed by atoms with van der Waals surface area (Å²) in [5, 5.41) is 0. The van der Waals surface area contributed by atoms with Crippen LogP contribution in [0, 0.1) is 11.8 Å². The summed E-state index contributed by atoms with van der Waals surface area (Å²) in [4.78, 5) is 13.0. The fourth-order valence-corrected chi connectivity index (χ4v) is 1.98. The molecule has 0 aromatic heterocycles. The van der Waals surface area contributed by atoms with Crippen molar-refractivity contribution in [2.75, 3.05) is 26.7 Å². The van der Waals surface area contributed by atoms with Crippen LogP contribution in [-0.4, -0.2) is 43.8 Å². The van der Waals surface area contributed by atoms with Crippen LogP contribution in [0.4, 0.5) is 13.2 Å². The molecule has 1 saturated heterocycles. The summed E-state index contributed by atoms with van der Waals surface area (Å²) < 4.78 is 42.9. The first-order chi connectivity index (χ1) is 7.36. The first kappa shape index (κ1) is 13.3. The van der Waals surface area contributed by atoms with E-state index >= 15 is 0 Å². The van der Waals surface area contributed by atoms with Gasteiger partial charge < -0.3 is 9.64 Å². The van der Waals surface area contributed by atoms with Gasteiger partial charge in [-0.15, -0.1) is 0 Å². The van der Waals surface area contributed by atoms with Gasteiger partial charge in [0.15, 0.2) is 0 Å². The van der Waals surface area contributed by atoms with Crippen LogP contribution in [0.1, 0.15) is 13.3 Å². The standard InChI is InChI=1S/C10H16F3NO2/c1-3-16-9(15)7-4-5-14(2)6-8(7)10(11,12)13/h7-8H,3-6H2,1-2H3/t7-,8?/m1/s1. The molecule has 0 aliphatic carbocycles. The van der Waals surface area contributed by atoms with Crippen LogP contribution >= 0.6 is 0 Å². The summed E-state index contributed by atoms with van der Waals surface area (Å²) in [5.41, 5.74) is 0. The molecular formula is C10H16F3NO2. The molecule has 1 unspecified atom stereocenters. The lowest BCUT2D eigenvalue weighted by atomic mass is 9.85. The highest BCUT2D eigenvalue weighted by molar-refractivity contribution is 5.73. The summed E-state index contributed by atoms with van der Waals surface area (Å²) in [6.07, 6.45) is -4.13. The van der Waals surface area contributed by atoms with Gasteiger partial charge in [0, 0.05) is 6.54 Å². The Morgan fingerprint density at radius 3 is 2.62 bits per heavy atom. The van der Waals surface area contributed by atoms with Gasteiger partial charge in [0.2, 0.25) is 0 Å². The quantitative estimate of drug-likeness (QED) is 0.687. The Hall–Kier alpha value is -0.780. The van der Waals surface area contributed by atoms with Gasteiger partial charge >= 0.3 is 12.1 Å². The molecule has 94 valence electrons. The molecule has 0 aromatic carbocycles. The fourth-order valence-electron chi connectivity index (χ4n) is 1.98. The van der Waals surface area contributed by atoms with Gasteiger partial charge in [-0.2, -0.15) is 13.2 Å². The van der Waals surface area contributed by atoms with Crippen molar-refractivity contribution in [2.24, 2.45) is 11.8 Å². The van der Waals surface area contributed by atoms with Gasteiger partial charge in [0.1, 0.15) is 0 Å². The minimum atomic E-state index is -4.34. The van der Waals surface area contributed by atoms with Crippen LogP contribution in [0.25, 0.3) is 0 Å². The third kappa shape index (κ3) is 3.10. The van der Waals surface area contributed by atoms with E-state index in [-0.39, 0.29) is 19.6 Å². The molecule has 0 N–H and O–H groups in total. The van der Waals surface area contributed by atoms with E-state index in [0.29, 0.717) is 6.54 Å². The molecule has 3 nitrogen and oxygen atoms in total. The molecule has 0 spiro atoms. The molecule has 1 aliphatic rings. The molecule has 0 radical (unpaired) electrons. The maximum absolute atomic E-state index is 12.7. The van der Waals surface area contributed by atoms with E-state index in [0.717, 1.165) is 0 Å². The second kappa shape index (κ2) is 5.03. The van der Waals surface area contributed by atoms with Crippen molar-refractivity contribution in [1.82, 2.24) is 4.90 Å². The fraction of sp³-hybridized carbons (Fsp3) is 0.900. The topological polar surface area (TPSA) is 29.5 Å². The molecule has 0 bridgehead atoms. The number of ether oxygens (including phenoxy) is 1. The minimum absolute atomic E-state index is 0.121. The zero-order valence-corrected chi connectivity index (χ0v) is 9.38. The van der Waals surface area contributed by atoms with Crippen molar-refractivity contribution in [3.05, 3.63) is 0 Å². The Balaban J connectivity index is 2.76. The van der Waals surface area contributed by atoms with Gasteiger partial charge in [-0.1, -0.05) is 0 Å². The first-order valence-corrected chi connectivity index (χ1v) is 5.28. The van der Waals surface area contributed by atoms with E-state index in [4.69, 9.17) is 0 Å². The average Bonchev–Trinajstić information content (AvgIpc) is 2.16.